The molecule has 0 radical (unpaired) electrons. The summed E-state index contributed by atoms with van der Waals surface area (Å²) in [6.45, 7) is 6.17. The number of aliphatic hydroxyl groups is 1. The first-order chi connectivity index (χ1) is 7.45. The van der Waals surface area contributed by atoms with E-state index in [1.807, 2.05) is 24.5 Å². The largest absolute Gasteiger partial charge is 0.391 e. The summed E-state index contributed by atoms with van der Waals surface area (Å²) in [5.41, 5.74) is -0.102. The van der Waals surface area contributed by atoms with Crippen LogP contribution in [0.4, 0.5) is 0 Å². The molecule has 0 aliphatic carbocycles. The van der Waals surface area contributed by atoms with Gasteiger partial charge in [-0.15, -0.1) is 11.8 Å². The summed E-state index contributed by atoms with van der Waals surface area (Å²) in [5, 5.41) is 11.2. The van der Waals surface area contributed by atoms with Gasteiger partial charge in [-0.1, -0.05) is 38.6 Å². The lowest BCUT2D eigenvalue weighted by Crippen LogP contribution is -2.34. The minimum atomic E-state index is -0.352. The zero-order chi connectivity index (χ0) is 12.2. The molecule has 0 unspecified atom stereocenters. The highest BCUT2D eigenvalue weighted by Crippen LogP contribution is 2.37. The van der Waals surface area contributed by atoms with Crippen molar-refractivity contribution in [1.29, 1.82) is 0 Å². The maximum absolute atomic E-state index is 10.2. The van der Waals surface area contributed by atoms with E-state index in [-0.39, 0.29) is 16.1 Å². The minimum Gasteiger partial charge on any atom is -0.391 e. The number of hydrogen-bond donors (Lipinski definition) is 1. The molecule has 0 amide bonds. The van der Waals surface area contributed by atoms with Crippen LogP contribution in [0.5, 0.6) is 0 Å². The van der Waals surface area contributed by atoms with Crippen molar-refractivity contribution in [3.05, 3.63) is 24.4 Å². The number of nitrogens with zero attached hydrogens (tertiary/aromatic N) is 1. The lowest BCUT2D eigenvalue weighted by atomic mass is 9.90. The Labute approximate surface area is 106 Å². The lowest BCUT2D eigenvalue weighted by Gasteiger charge is -2.31. The van der Waals surface area contributed by atoms with Crippen LogP contribution in [0.25, 0.3) is 0 Å². The predicted molar refractivity (Wildman–Crippen MR) is 72.9 cm³/mol. The van der Waals surface area contributed by atoms with Crippen molar-refractivity contribution in [1.82, 2.24) is 4.98 Å². The van der Waals surface area contributed by atoms with E-state index in [4.69, 9.17) is 0 Å². The molecule has 0 bridgehead atoms. The molecule has 0 saturated heterocycles. The third-order valence-corrected chi connectivity index (χ3v) is 4.81. The molecule has 0 aliphatic heterocycles. The molecule has 1 rings (SSSR count). The summed E-state index contributed by atoms with van der Waals surface area (Å²) in [6, 6.07) is 5.85. The summed E-state index contributed by atoms with van der Waals surface area (Å²) in [4.78, 5) is 4.27. The molecule has 2 nitrogen and oxygen atoms in total. The van der Waals surface area contributed by atoms with Crippen molar-refractivity contribution in [3.8, 4) is 0 Å². The molecular formula is C12H19NOS2. The first kappa shape index (κ1) is 13.9. The number of rotatable bonds is 4. The lowest BCUT2D eigenvalue weighted by molar-refractivity contribution is 0.0778. The standard InChI is InChI=1S/C12H19NOS2/c1-12(2,3)10(14)11(15-4)16-9-7-5-6-8-13-9/h5-8,10-11,14H,1-4H3/t10-,11-/m0/s1. The van der Waals surface area contributed by atoms with Gasteiger partial charge in [0.25, 0.3) is 0 Å². The Morgan fingerprint density at radius 2 is 2.00 bits per heavy atom. The number of thioether (sulfide) groups is 2. The number of hydrogen-bond acceptors (Lipinski definition) is 4. The molecule has 0 saturated carbocycles. The molecule has 1 aromatic heterocycles. The van der Waals surface area contributed by atoms with E-state index < -0.39 is 0 Å². The van der Waals surface area contributed by atoms with E-state index in [0.717, 1.165) is 5.03 Å². The van der Waals surface area contributed by atoms with E-state index in [0.29, 0.717) is 0 Å². The fourth-order valence-electron chi connectivity index (χ4n) is 1.19. The molecule has 1 heterocycles. The van der Waals surface area contributed by atoms with Crippen molar-refractivity contribution in [3.63, 3.8) is 0 Å². The van der Waals surface area contributed by atoms with Gasteiger partial charge < -0.3 is 5.11 Å². The average molecular weight is 257 g/mol. The van der Waals surface area contributed by atoms with Gasteiger partial charge in [-0.05, 0) is 23.8 Å². The monoisotopic (exact) mass is 257 g/mol. The van der Waals surface area contributed by atoms with E-state index in [9.17, 15) is 5.11 Å². The Hall–Kier alpha value is -0.190. The number of pyridine rings is 1. The van der Waals surface area contributed by atoms with Crippen molar-refractivity contribution >= 4 is 23.5 Å². The predicted octanol–water partition coefficient (Wildman–Crippen LogP) is 3.27. The van der Waals surface area contributed by atoms with Crippen LogP contribution in [-0.4, -0.2) is 27.0 Å². The number of aromatic nitrogens is 1. The third-order valence-electron chi connectivity index (χ3n) is 2.25. The second kappa shape index (κ2) is 5.94. The third kappa shape index (κ3) is 4.00. The van der Waals surface area contributed by atoms with Crippen LogP contribution in [-0.2, 0) is 0 Å². The molecule has 2 atom stereocenters. The van der Waals surface area contributed by atoms with Crippen molar-refractivity contribution in [2.24, 2.45) is 5.41 Å². The smallest absolute Gasteiger partial charge is 0.0971 e. The van der Waals surface area contributed by atoms with E-state index in [1.165, 1.54) is 0 Å². The Balaban J connectivity index is 2.70. The van der Waals surface area contributed by atoms with Crippen LogP contribution >= 0.6 is 23.5 Å². The van der Waals surface area contributed by atoms with E-state index in [2.05, 4.69) is 25.8 Å². The Bertz CT molecular complexity index is 311. The van der Waals surface area contributed by atoms with Gasteiger partial charge >= 0.3 is 0 Å². The second-order valence-electron chi connectivity index (χ2n) is 4.70. The van der Waals surface area contributed by atoms with Gasteiger partial charge in [0.05, 0.1) is 15.7 Å². The minimum absolute atomic E-state index is 0.102. The van der Waals surface area contributed by atoms with Crippen LogP contribution in [0, 0.1) is 5.41 Å². The van der Waals surface area contributed by atoms with Gasteiger partial charge in [0.1, 0.15) is 0 Å². The first-order valence-corrected chi connectivity index (χ1v) is 7.40. The van der Waals surface area contributed by atoms with E-state index >= 15 is 0 Å². The summed E-state index contributed by atoms with van der Waals surface area (Å²) in [7, 11) is 0. The highest BCUT2D eigenvalue weighted by molar-refractivity contribution is 8.16. The van der Waals surface area contributed by atoms with Gasteiger partial charge in [0, 0.05) is 6.20 Å². The second-order valence-corrected chi connectivity index (χ2v) is 7.14. The summed E-state index contributed by atoms with van der Waals surface area (Å²) in [5.74, 6) is 0. The van der Waals surface area contributed by atoms with E-state index in [1.54, 1.807) is 29.7 Å². The zero-order valence-electron chi connectivity index (χ0n) is 10.2. The van der Waals surface area contributed by atoms with Gasteiger partial charge in [-0.3, -0.25) is 0 Å². The Morgan fingerprint density at radius 1 is 1.31 bits per heavy atom. The van der Waals surface area contributed by atoms with Crippen LogP contribution < -0.4 is 0 Å². The highest BCUT2D eigenvalue weighted by atomic mass is 32.2. The summed E-state index contributed by atoms with van der Waals surface area (Å²) >= 11 is 3.30. The zero-order valence-corrected chi connectivity index (χ0v) is 11.8. The van der Waals surface area contributed by atoms with Gasteiger partial charge in [-0.2, -0.15) is 0 Å². The highest BCUT2D eigenvalue weighted by Gasteiger charge is 2.30. The number of aliphatic hydroxyl groups excluding tert-OH is 1. The van der Waals surface area contributed by atoms with Crippen molar-refractivity contribution in [2.45, 2.75) is 36.5 Å². The van der Waals surface area contributed by atoms with Crippen LogP contribution in [0.15, 0.2) is 29.4 Å². The van der Waals surface area contributed by atoms with Crippen LogP contribution in [0.3, 0.4) is 0 Å². The van der Waals surface area contributed by atoms with Gasteiger partial charge in [0.2, 0.25) is 0 Å². The fraction of sp³-hybridized carbons (Fsp3) is 0.583. The molecular weight excluding hydrogens is 238 g/mol. The maximum atomic E-state index is 10.2. The summed E-state index contributed by atoms with van der Waals surface area (Å²) < 4.78 is 0.120. The molecule has 0 fully saturated rings. The van der Waals surface area contributed by atoms with Gasteiger partial charge in [-0.25, -0.2) is 4.98 Å². The molecule has 4 heteroatoms. The average Bonchev–Trinajstić information content (AvgIpc) is 2.25. The van der Waals surface area contributed by atoms with Crippen LogP contribution in [0.1, 0.15) is 20.8 Å². The van der Waals surface area contributed by atoms with Crippen molar-refractivity contribution < 1.29 is 5.11 Å². The molecule has 0 aromatic carbocycles. The quantitative estimate of drug-likeness (QED) is 0.663. The molecule has 1 aromatic rings. The Morgan fingerprint density at radius 3 is 2.44 bits per heavy atom. The SMILES string of the molecule is CS[C@@H](Sc1ccccn1)[C@H](O)C(C)(C)C. The normalized spacial score (nSPS) is 15.8. The Kier molecular flexibility index (Phi) is 5.15. The molecule has 90 valence electrons. The fourth-order valence-corrected chi connectivity index (χ4v) is 3.59. The topological polar surface area (TPSA) is 33.1 Å². The maximum Gasteiger partial charge on any atom is 0.0971 e. The molecule has 1 N–H and O–H groups in total. The molecule has 0 spiro atoms. The molecule has 16 heavy (non-hydrogen) atoms. The van der Waals surface area contributed by atoms with Crippen molar-refractivity contribution in [2.75, 3.05) is 6.26 Å². The summed E-state index contributed by atoms with van der Waals surface area (Å²) in [6.07, 6.45) is 3.45. The van der Waals surface area contributed by atoms with Gasteiger partial charge in [0.15, 0.2) is 0 Å². The first-order valence-electron chi connectivity index (χ1n) is 5.23. The van der Waals surface area contributed by atoms with Crippen LogP contribution in [0.2, 0.25) is 0 Å². The molecule has 0 aliphatic rings.